The van der Waals surface area contributed by atoms with Crippen LogP contribution in [-0.2, 0) is 6.61 Å². The highest BCUT2D eigenvalue weighted by Crippen LogP contribution is 2.22. The molecule has 0 amide bonds. The van der Waals surface area contributed by atoms with Crippen LogP contribution >= 0.6 is 0 Å². The Morgan fingerprint density at radius 3 is 2.67 bits per heavy atom. The molecule has 2 aromatic rings. The smallest absolute Gasteiger partial charge is 0.132 e. The average molecular weight is 246 g/mol. The third kappa shape index (κ3) is 2.80. The van der Waals surface area contributed by atoms with Crippen molar-refractivity contribution in [2.75, 3.05) is 0 Å². The van der Waals surface area contributed by atoms with Gasteiger partial charge in [-0.1, -0.05) is 18.2 Å². The first kappa shape index (κ1) is 12.4. The summed E-state index contributed by atoms with van der Waals surface area (Å²) >= 11 is 0. The number of ether oxygens (including phenoxy) is 1. The van der Waals surface area contributed by atoms with Gasteiger partial charge in [0.25, 0.3) is 0 Å². The third-order valence-corrected chi connectivity index (χ3v) is 2.70. The van der Waals surface area contributed by atoms with Gasteiger partial charge in [-0.3, -0.25) is 0 Å². The molecule has 94 valence electrons. The van der Waals surface area contributed by atoms with Crippen LogP contribution < -0.4 is 4.74 Å². The Hall–Kier alpha value is -2.03. The lowest BCUT2D eigenvalue weighted by molar-refractivity contribution is 0.297. The lowest BCUT2D eigenvalue weighted by Gasteiger charge is -2.09. The molecule has 0 aromatic heterocycles. The van der Waals surface area contributed by atoms with Gasteiger partial charge in [0.2, 0.25) is 0 Å². The van der Waals surface area contributed by atoms with Crippen molar-refractivity contribution in [1.82, 2.24) is 0 Å². The molecular weight excluding hydrogens is 231 g/mol. The summed E-state index contributed by atoms with van der Waals surface area (Å²) in [4.78, 5) is 0. The summed E-state index contributed by atoms with van der Waals surface area (Å²) in [6, 6.07) is 10.2. The van der Waals surface area contributed by atoms with E-state index in [0.29, 0.717) is 16.9 Å². The Labute approximate surface area is 106 Å². The van der Waals surface area contributed by atoms with Crippen molar-refractivity contribution in [2.24, 2.45) is 0 Å². The maximum Gasteiger partial charge on any atom is 0.132 e. The number of hydrogen-bond donors (Lipinski definition) is 1. The Bertz CT molecular complexity index is 544. The zero-order valence-corrected chi connectivity index (χ0v) is 10.4. The van der Waals surface area contributed by atoms with Crippen molar-refractivity contribution >= 4 is 0 Å². The largest absolute Gasteiger partial charge is 0.508 e. The topological polar surface area (TPSA) is 29.5 Å². The number of aryl methyl sites for hydroxylation is 2. The summed E-state index contributed by atoms with van der Waals surface area (Å²) in [6.07, 6.45) is 0. The minimum atomic E-state index is -0.241. The second-order valence-corrected chi connectivity index (χ2v) is 4.34. The summed E-state index contributed by atoms with van der Waals surface area (Å²) in [7, 11) is 0. The quantitative estimate of drug-likeness (QED) is 0.894. The van der Waals surface area contributed by atoms with E-state index in [9.17, 15) is 9.50 Å². The number of benzene rings is 2. The lowest BCUT2D eigenvalue weighted by atomic mass is 10.1. The van der Waals surface area contributed by atoms with Gasteiger partial charge in [0.1, 0.15) is 23.9 Å². The van der Waals surface area contributed by atoms with Crippen molar-refractivity contribution in [3.8, 4) is 11.5 Å². The minimum Gasteiger partial charge on any atom is -0.508 e. The minimum absolute atomic E-state index is 0.148. The molecular formula is C15H15FO2. The van der Waals surface area contributed by atoms with Gasteiger partial charge in [-0.2, -0.15) is 0 Å². The highest BCUT2D eigenvalue weighted by atomic mass is 19.1. The molecule has 0 radical (unpaired) electrons. The molecule has 0 saturated carbocycles. The van der Waals surface area contributed by atoms with E-state index in [-0.39, 0.29) is 18.2 Å². The SMILES string of the molecule is Cc1cc(O)cc(OCc2cccc(C)c2F)c1. The second-order valence-electron chi connectivity index (χ2n) is 4.34. The Morgan fingerprint density at radius 1 is 1.17 bits per heavy atom. The maximum atomic E-state index is 13.7. The Morgan fingerprint density at radius 2 is 1.94 bits per heavy atom. The van der Waals surface area contributed by atoms with Crippen molar-refractivity contribution < 1.29 is 14.2 Å². The number of halogens is 1. The lowest BCUT2D eigenvalue weighted by Crippen LogP contribution is -2.00. The molecule has 0 bridgehead atoms. The molecule has 0 aliphatic carbocycles. The van der Waals surface area contributed by atoms with Crippen LogP contribution in [0, 0.1) is 19.7 Å². The zero-order valence-electron chi connectivity index (χ0n) is 10.4. The molecule has 2 rings (SSSR count). The average Bonchev–Trinajstić information content (AvgIpc) is 2.30. The van der Waals surface area contributed by atoms with Crippen molar-refractivity contribution in [1.29, 1.82) is 0 Å². The van der Waals surface area contributed by atoms with Crippen LogP contribution in [0.15, 0.2) is 36.4 Å². The highest BCUT2D eigenvalue weighted by molar-refractivity contribution is 5.37. The summed E-state index contributed by atoms with van der Waals surface area (Å²) in [5.74, 6) is 0.442. The predicted octanol–water partition coefficient (Wildman–Crippen LogP) is 3.73. The fraction of sp³-hybridized carbons (Fsp3) is 0.200. The normalized spacial score (nSPS) is 10.4. The molecule has 0 aliphatic rings. The molecule has 1 N–H and O–H groups in total. The molecule has 0 fully saturated rings. The summed E-state index contributed by atoms with van der Waals surface area (Å²) in [5, 5.41) is 9.44. The van der Waals surface area contributed by atoms with Gasteiger partial charge in [0.15, 0.2) is 0 Å². The number of aromatic hydroxyl groups is 1. The first-order chi connectivity index (χ1) is 8.56. The molecule has 0 unspecified atom stereocenters. The number of hydrogen-bond acceptors (Lipinski definition) is 2. The highest BCUT2D eigenvalue weighted by Gasteiger charge is 2.06. The molecule has 0 saturated heterocycles. The number of rotatable bonds is 3. The number of phenols is 1. The summed E-state index contributed by atoms with van der Waals surface area (Å²) in [6.45, 7) is 3.73. The van der Waals surface area contributed by atoms with E-state index in [2.05, 4.69) is 0 Å². The van der Waals surface area contributed by atoms with E-state index in [1.54, 1.807) is 37.3 Å². The van der Waals surface area contributed by atoms with Gasteiger partial charge < -0.3 is 9.84 Å². The summed E-state index contributed by atoms with van der Waals surface area (Å²) in [5.41, 5.74) is 2.01. The van der Waals surface area contributed by atoms with Gasteiger partial charge in [-0.15, -0.1) is 0 Å². The van der Waals surface area contributed by atoms with E-state index in [0.717, 1.165) is 5.56 Å². The van der Waals surface area contributed by atoms with Crippen LogP contribution in [0.4, 0.5) is 4.39 Å². The zero-order chi connectivity index (χ0) is 13.1. The van der Waals surface area contributed by atoms with Crippen LogP contribution in [0.2, 0.25) is 0 Å². The van der Waals surface area contributed by atoms with Gasteiger partial charge in [0, 0.05) is 11.6 Å². The molecule has 0 aliphatic heterocycles. The first-order valence-corrected chi connectivity index (χ1v) is 5.74. The van der Waals surface area contributed by atoms with Crippen molar-refractivity contribution in [2.45, 2.75) is 20.5 Å². The predicted molar refractivity (Wildman–Crippen MR) is 68.3 cm³/mol. The van der Waals surface area contributed by atoms with E-state index in [4.69, 9.17) is 4.74 Å². The van der Waals surface area contributed by atoms with E-state index in [1.165, 1.54) is 6.07 Å². The molecule has 2 aromatic carbocycles. The Kier molecular flexibility index (Phi) is 3.51. The first-order valence-electron chi connectivity index (χ1n) is 5.74. The van der Waals surface area contributed by atoms with E-state index in [1.807, 2.05) is 6.92 Å². The fourth-order valence-electron chi connectivity index (χ4n) is 1.79. The fourth-order valence-corrected chi connectivity index (χ4v) is 1.79. The molecule has 2 nitrogen and oxygen atoms in total. The van der Waals surface area contributed by atoms with Gasteiger partial charge in [-0.05, 0) is 37.1 Å². The van der Waals surface area contributed by atoms with Crippen LogP contribution in [-0.4, -0.2) is 5.11 Å². The van der Waals surface area contributed by atoms with Gasteiger partial charge in [-0.25, -0.2) is 4.39 Å². The van der Waals surface area contributed by atoms with E-state index < -0.39 is 0 Å². The van der Waals surface area contributed by atoms with Crippen LogP contribution in [0.5, 0.6) is 11.5 Å². The standard InChI is InChI=1S/C15H15FO2/c1-10-6-13(17)8-14(7-10)18-9-12-5-3-4-11(2)15(12)16/h3-8,17H,9H2,1-2H3. The molecule has 3 heteroatoms. The van der Waals surface area contributed by atoms with Gasteiger partial charge >= 0.3 is 0 Å². The maximum absolute atomic E-state index is 13.7. The van der Waals surface area contributed by atoms with Crippen LogP contribution in [0.25, 0.3) is 0 Å². The number of phenolic OH excluding ortho intramolecular Hbond substituents is 1. The molecule has 0 spiro atoms. The van der Waals surface area contributed by atoms with Crippen molar-refractivity contribution in [3.63, 3.8) is 0 Å². The molecule has 18 heavy (non-hydrogen) atoms. The second kappa shape index (κ2) is 5.08. The monoisotopic (exact) mass is 246 g/mol. The third-order valence-electron chi connectivity index (χ3n) is 2.70. The van der Waals surface area contributed by atoms with Gasteiger partial charge in [0.05, 0.1) is 0 Å². The molecule has 0 heterocycles. The van der Waals surface area contributed by atoms with E-state index >= 15 is 0 Å². The van der Waals surface area contributed by atoms with Crippen LogP contribution in [0.3, 0.4) is 0 Å². The van der Waals surface area contributed by atoms with Crippen LogP contribution in [0.1, 0.15) is 16.7 Å². The summed E-state index contributed by atoms with van der Waals surface area (Å²) < 4.78 is 19.2. The Balaban J connectivity index is 2.14. The van der Waals surface area contributed by atoms with Crippen molar-refractivity contribution in [3.05, 3.63) is 58.9 Å². The molecule has 0 atom stereocenters.